The molecule has 0 saturated carbocycles. The molecular weight excluding hydrogens is 250 g/mol. The van der Waals surface area contributed by atoms with Crippen LogP contribution in [0, 0.1) is 17.3 Å². The van der Waals surface area contributed by atoms with Crippen molar-refractivity contribution in [2.45, 2.75) is 33.7 Å². The second kappa shape index (κ2) is 5.96. The van der Waals surface area contributed by atoms with Crippen LogP contribution in [-0.4, -0.2) is 29.1 Å². The predicted octanol–water partition coefficient (Wildman–Crippen LogP) is 3.26. The number of hydrogen-bond acceptors (Lipinski definition) is 2. The van der Waals surface area contributed by atoms with Gasteiger partial charge in [-0.1, -0.05) is 51.1 Å². The maximum atomic E-state index is 11.6. The first kappa shape index (κ1) is 15.0. The third-order valence-electron chi connectivity index (χ3n) is 4.29. The van der Waals surface area contributed by atoms with Crippen molar-refractivity contribution >= 4 is 5.97 Å². The van der Waals surface area contributed by atoms with Gasteiger partial charge in [-0.05, 0) is 23.3 Å². The fourth-order valence-electron chi connectivity index (χ4n) is 3.64. The minimum absolute atomic E-state index is 0.116. The smallest absolute Gasteiger partial charge is 0.308 e. The highest BCUT2D eigenvalue weighted by Gasteiger charge is 2.46. The molecule has 110 valence electrons. The Balaban J connectivity index is 2.10. The van der Waals surface area contributed by atoms with Gasteiger partial charge in [0.1, 0.15) is 0 Å². The first-order valence-electron chi connectivity index (χ1n) is 7.40. The zero-order valence-corrected chi connectivity index (χ0v) is 12.7. The summed E-state index contributed by atoms with van der Waals surface area (Å²) < 4.78 is 0. The van der Waals surface area contributed by atoms with Crippen LogP contribution in [-0.2, 0) is 11.3 Å². The molecule has 0 bridgehead atoms. The first-order valence-corrected chi connectivity index (χ1v) is 7.40. The average molecular weight is 275 g/mol. The molecular formula is C17H25NO2. The Labute approximate surface area is 121 Å². The van der Waals surface area contributed by atoms with Gasteiger partial charge in [-0.2, -0.15) is 0 Å². The summed E-state index contributed by atoms with van der Waals surface area (Å²) in [5, 5.41) is 9.52. The lowest BCUT2D eigenvalue weighted by Gasteiger charge is -2.30. The molecule has 1 aliphatic heterocycles. The number of hydrogen-bond donors (Lipinski definition) is 1. The number of carboxylic acids is 1. The van der Waals surface area contributed by atoms with Crippen molar-refractivity contribution in [2.75, 3.05) is 13.1 Å². The van der Waals surface area contributed by atoms with Crippen LogP contribution in [0.1, 0.15) is 32.8 Å². The number of benzene rings is 1. The number of nitrogens with zero attached hydrogens (tertiary/aromatic N) is 1. The number of carboxylic acid groups (broad SMARTS) is 1. The van der Waals surface area contributed by atoms with Gasteiger partial charge in [0.05, 0.1) is 5.92 Å². The van der Waals surface area contributed by atoms with Crippen LogP contribution in [0.15, 0.2) is 30.3 Å². The van der Waals surface area contributed by atoms with Crippen LogP contribution in [0.3, 0.4) is 0 Å². The van der Waals surface area contributed by atoms with E-state index in [1.807, 2.05) is 18.2 Å². The normalized spacial score (nSPS) is 27.1. The van der Waals surface area contributed by atoms with Crippen molar-refractivity contribution in [2.24, 2.45) is 17.3 Å². The fraction of sp³-hybridized carbons (Fsp3) is 0.588. The van der Waals surface area contributed by atoms with Crippen molar-refractivity contribution in [1.82, 2.24) is 4.90 Å². The van der Waals surface area contributed by atoms with E-state index in [2.05, 4.69) is 37.8 Å². The lowest BCUT2D eigenvalue weighted by atomic mass is 9.74. The standard InChI is InChI=1S/C17H25NO2/c1-13(2)9-17(3)12-18(11-15(17)16(19)20)10-14-7-5-4-6-8-14/h4-8,13,15H,9-12H2,1-3H3,(H,19,20). The van der Waals surface area contributed by atoms with Crippen LogP contribution in [0.25, 0.3) is 0 Å². The van der Waals surface area contributed by atoms with E-state index in [4.69, 9.17) is 0 Å². The number of carbonyl (C=O) groups is 1. The quantitative estimate of drug-likeness (QED) is 0.896. The largest absolute Gasteiger partial charge is 0.481 e. The molecule has 0 amide bonds. The molecule has 1 saturated heterocycles. The molecule has 0 spiro atoms. The average Bonchev–Trinajstić information content (AvgIpc) is 2.66. The molecule has 2 rings (SSSR count). The van der Waals surface area contributed by atoms with Gasteiger partial charge >= 0.3 is 5.97 Å². The summed E-state index contributed by atoms with van der Waals surface area (Å²) in [6.07, 6.45) is 0.968. The summed E-state index contributed by atoms with van der Waals surface area (Å²) in [5.74, 6) is -0.379. The van der Waals surface area contributed by atoms with E-state index in [0.717, 1.165) is 19.5 Å². The van der Waals surface area contributed by atoms with Crippen molar-refractivity contribution in [3.63, 3.8) is 0 Å². The highest BCUT2D eigenvalue weighted by Crippen LogP contribution is 2.41. The molecule has 2 unspecified atom stereocenters. The minimum Gasteiger partial charge on any atom is -0.481 e. The number of aliphatic carboxylic acids is 1. The van der Waals surface area contributed by atoms with Crippen molar-refractivity contribution in [3.8, 4) is 0 Å². The van der Waals surface area contributed by atoms with Gasteiger partial charge in [0, 0.05) is 19.6 Å². The Kier molecular flexibility index (Phi) is 4.48. The molecule has 1 aliphatic rings. The lowest BCUT2D eigenvalue weighted by Crippen LogP contribution is -2.33. The van der Waals surface area contributed by atoms with E-state index >= 15 is 0 Å². The Hall–Kier alpha value is -1.35. The summed E-state index contributed by atoms with van der Waals surface area (Å²) in [6.45, 7) is 8.85. The van der Waals surface area contributed by atoms with Crippen molar-refractivity contribution < 1.29 is 9.90 Å². The Morgan fingerprint density at radius 1 is 1.40 bits per heavy atom. The second-order valence-corrected chi connectivity index (χ2v) is 6.80. The Bertz CT molecular complexity index is 457. The summed E-state index contributed by atoms with van der Waals surface area (Å²) in [7, 11) is 0. The molecule has 3 heteroatoms. The summed E-state index contributed by atoms with van der Waals surface area (Å²) >= 11 is 0. The van der Waals surface area contributed by atoms with E-state index < -0.39 is 5.97 Å². The zero-order chi connectivity index (χ0) is 14.8. The van der Waals surface area contributed by atoms with Crippen LogP contribution < -0.4 is 0 Å². The fourth-order valence-corrected chi connectivity index (χ4v) is 3.64. The van der Waals surface area contributed by atoms with E-state index in [1.54, 1.807) is 0 Å². The number of likely N-dealkylation sites (tertiary alicyclic amines) is 1. The molecule has 0 aliphatic carbocycles. The maximum absolute atomic E-state index is 11.6. The van der Waals surface area contributed by atoms with Crippen LogP contribution in [0.2, 0.25) is 0 Å². The molecule has 2 atom stereocenters. The van der Waals surface area contributed by atoms with Crippen molar-refractivity contribution in [3.05, 3.63) is 35.9 Å². The van der Waals surface area contributed by atoms with Gasteiger partial charge in [0.15, 0.2) is 0 Å². The van der Waals surface area contributed by atoms with Gasteiger partial charge < -0.3 is 5.11 Å². The van der Waals surface area contributed by atoms with E-state index in [1.165, 1.54) is 5.56 Å². The SMILES string of the molecule is CC(C)CC1(C)CN(Cc2ccccc2)CC1C(=O)O. The second-order valence-electron chi connectivity index (χ2n) is 6.80. The molecule has 1 aromatic rings. The predicted molar refractivity (Wildman–Crippen MR) is 80.4 cm³/mol. The minimum atomic E-state index is -0.649. The molecule has 3 nitrogen and oxygen atoms in total. The Morgan fingerprint density at radius 2 is 2.05 bits per heavy atom. The highest BCUT2D eigenvalue weighted by atomic mass is 16.4. The van der Waals surface area contributed by atoms with Gasteiger partial charge in [-0.15, -0.1) is 0 Å². The zero-order valence-electron chi connectivity index (χ0n) is 12.7. The van der Waals surface area contributed by atoms with Crippen LogP contribution in [0.5, 0.6) is 0 Å². The molecule has 1 heterocycles. The topological polar surface area (TPSA) is 40.5 Å². The van der Waals surface area contributed by atoms with E-state index in [9.17, 15) is 9.90 Å². The first-order chi connectivity index (χ1) is 9.40. The van der Waals surface area contributed by atoms with Gasteiger partial charge in [0.25, 0.3) is 0 Å². The van der Waals surface area contributed by atoms with Crippen LogP contribution in [0.4, 0.5) is 0 Å². The molecule has 0 aromatic heterocycles. The third kappa shape index (κ3) is 3.40. The third-order valence-corrected chi connectivity index (χ3v) is 4.29. The van der Waals surface area contributed by atoms with Gasteiger partial charge in [0.2, 0.25) is 0 Å². The number of rotatable bonds is 5. The molecule has 1 N–H and O–H groups in total. The molecule has 0 radical (unpaired) electrons. The summed E-state index contributed by atoms with van der Waals surface area (Å²) in [5.41, 5.74) is 1.14. The summed E-state index contributed by atoms with van der Waals surface area (Å²) in [4.78, 5) is 13.9. The monoisotopic (exact) mass is 275 g/mol. The van der Waals surface area contributed by atoms with E-state index in [0.29, 0.717) is 12.5 Å². The molecule has 20 heavy (non-hydrogen) atoms. The molecule has 1 fully saturated rings. The maximum Gasteiger partial charge on any atom is 0.308 e. The van der Waals surface area contributed by atoms with Gasteiger partial charge in [-0.3, -0.25) is 9.69 Å². The lowest BCUT2D eigenvalue weighted by molar-refractivity contribution is -0.144. The van der Waals surface area contributed by atoms with E-state index in [-0.39, 0.29) is 11.3 Å². The van der Waals surface area contributed by atoms with Crippen molar-refractivity contribution in [1.29, 1.82) is 0 Å². The highest BCUT2D eigenvalue weighted by molar-refractivity contribution is 5.72. The molecule has 1 aromatic carbocycles. The van der Waals surface area contributed by atoms with Crippen LogP contribution >= 0.6 is 0 Å². The Morgan fingerprint density at radius 3 is 2.60 bits per heavy atom. The summed E-state index contributed by atoms with van der Waals surface area (Å²) in [6, 6.07) is 10.3. The van der Waals surface area contributed by atoms with Gasteiger partial charge in [-0.25, -0.2) is 0 Å².